The summed E-state index contributed by atoms with van der Waals surface area (Å²) in [5.41, 5.74) is 6.05. The molecule has 86 valence electrons. The molecular weight excluding hydrogens is 192 g/mol. The van der Waals surface area contributed by atoms with Gasteiger partial charge in [0.05, 0.1) is 6.10 Å². The normalized spacial score (nSPS) is 15.2. The van der Waals surface area contributed by atoms with E-state index in [2.05, 4.69) is 17.0 Å². The molecule has 5 heteroatoms. The van der Waals surface area contributed by atoms with Crippen LogP contribution in [-0.2, 0) is 17.7 Å². The van der Waals surface area contributed by atoms with Crippen LogP contribution in [0.1, 0.15) is 26.1 Å². The molecule has 0 radical (unpaired) electrons. The Labute approximate surface area is 90.6 Å². The fourth-order valence-corrected chi connectivity index (χ4v) is 1.70. The first kappa shape index (κ1) is 12.1. The number of hydrogen-bond acceptors (Lipinski definition) is 4. The first-order valence-corrected chi connectivity index (χ1v) is 5.37. The van der Waals surface area contributed by atoms with Crippen molar-refractivity contribution in [3.63, 3.8) is 0 Å². The molecule has 0 aliphatic carbocycles. The lowest BCUT2D eigenvalue weighted by atomic mass is 10.1. The highest BCUT2D eigenvalue weighted by molar-refractivity contribution is 4.91. The van der Waals surface area contributed by atoms with Crippen LogP contribution in [0.25, 0.3) is 0 Å². The lowest BCUT2D eigenvalue weighted by Crippen LogP contribution is -2.38. The third-order valence-electron chi connectivity index (χ3n) is 2.60. The van der Waals surface area contributed by atoms with Gasteiger partial charge in [-0.2, -0.15) is 5.10 Å². The summed E-state index contributed by atoms with van der Waals surface area (Å²) in [5, 5.41) is 4.11. The lowest BCUT2D eigenvalue weighted by molar-refractivity contribution is 0.0764. The van der Waals surface area contributed by atoms with Crippen molar-refractivity contribution in [2.24, 2.45) is 5.73 Å². The van der Waals surface area contributed by atoms with E-state index in [0.29, 0.717) is 6.42 Å². The summed E-state index contributed by atoms with van der Waals surface area (Å²) in [4.78, 5) is 4.19. The van der Waals surface area contributed by atoms with Gasteiger partial charge in [0.2, 0.25) is 0 Å². The number of hydrogen-bond donors (Lipinski definition) is 1. The number of nitrogens with two attached hydrogens (primary N) is 1. The Morgan fingerprint density at radius 2 is 2.27 bits per heavy atom. The third-order valence-corrected chi connectivity index (χ3v) is 2.60. The van der Waals surface area contributed by atoms with Gasteiger partial charge in [-0.25, -0.2) is 4.98 Å². The monoisotopic (exact) mass is 212 g/mol. The molecule has 0 amide bonds. The third kappa shape index (κ3) is 3.00. The fourth-order valence-electron chi connectivity index (χ4n) is 1.70. The van der Waals surface area contributed by atoms with Crippen molar-refractivity contribution < 1.29 is 4.74 Å². The van der Waals surface area contributed by atoms with E-state index < -0.39 is 0 Å². The Balaban J connectivity index is 2.60. The first-order chi connectivity index (χ1) is 7.22. The summed E-state index contributed by atoms with van der Waals surface area (Å²) in [6.07, 6.45) is 3.28. The largest absolute Gasteiger partial charge is 0.380 e. The molecule has 0 bridgehead atoms. The first-order valence-electron chi connectivity index (χ1n) is 5.37. The Bertz CT molecular complexity index is 283. The molecule has 2 atom stereocenters. The Morgan fingerprint density at radius 1 is 1.53 bits per heavy atom. The van der Waals surface area contributed by atoms with Crippen molar-refractivity contribution in [2.45, 2.75) is 45.4 Å². The van der Waals surface area contributed by atoms with Crippen molar-refractivity contribution >= 4 is 0 Å². The van der Waals surface area contributed by atoms with Crippen LogP contribution in [0.2, 0.25) is 0 Å². The highest BCUT2D eigenvalue weighted by atomic mass is 16.5. The summed E-state index contributed by atoms with van der Waals surface area (Å²) in [6, 6.07) is -0.0190. The van der Waals surface area contributed by atoms with Gasteiger partial charge in [-0.3, -0.25) is 4.68 Å². The number of ether oxygens (including phenoxy) is 1. The number of nitrogens with zero attached hydrogens (tertiary/aromatic N) is 3. The molecule has 0 spiro atoms. The van der Waals surface area contributed by atoms with E-state index in [-0.39, 0.29) is 12.1 Å². The molecule has 0 aromatic carbocycles. The molecule has 0 aliphatic rings. The SMILES string of the molecule is CCC(OC)C(N)Cc1ncnn1CC. The van der Waals surface area contributed by atoms with Crippen molar-refractivity contribution in [3.05, 3.63) is 12.2 Å². The van der Waals surface area contributed by atoms with Gasteiger partial charge in [-0.1, -0.05) is 6.92 Å². The zero-order chi connectivity index (χ0) is 11.3. The van der Waals surface area contributed by atoms with E-state index in [1.165, 1.54) is 0 Å². The van der Waals surface area contributed by atoms with Gasteiger partial charge in [0.1, 0.15) is 12.2 Å². The molecule has 0 saturated heterocycles. The minimum atomic E-state index is -0.0190. The molecule has 5 nitrogen and oxygen atoms in total. The second kappa shape index (κ2) is 5.82. The van der Waals surface area contributed by atoms with Crippen LogP contribution in [0.5, 0.6) is 0 Å². The van der Waals surface area contributed by atoms with Crippen LogP contribution in [-0.4, -0.2) is 34.0 Å². The summed E-state index contributed by atoms with van der Waals surface area (Å²) >= 11 is 0. The molecule has 1 heterocycles. The topological polar surface area (TPSA) is 66.0 Å². The summed E-state index contributed by atoms with van der Waals surface area (Å²) in [6.45, 7) is 4.93. The average molecular weight is 212 g/mol. The van der Waals surface area contributed by atoms with Crippen LogP contribution >= 0.6 is 0 Å². The molecule has 0 saturated carbocycles. The number of aromatic nitrogens is 3. The highest BCUT2D eigenvalue weighted by Gasteiger charge is 2.17. The summed E-state index contributed by atoms with van der Waals surface area (Å²) in [7, 11) is 1.69. The van der Waals surface area contributed by atoms with Gasteiger partial charge < -0.3 is 10.5 Å². The van der Waals surface area contributed by atoms with Gasteiger partial charge in [0.15, 0.2) is 0 Å². The van der Waals surface area contributed by atoms with Crippen molar-refractivity contribution in [1.29, 1.82) is 0 Å². The molecule has 1 rings (SSSR count). The molecule has 15 heavy (non-hydrogen) atoms. The fraction of sp³-hybridized carbons (Fsp3) is 0.800. The standard InChI is InChI=1S/C10H20N4O/c1-4-9(15-3)8(11)6-10-12-7-13-14(10)5-2/h7-9H,4-6,11H2,1-3H3. The molecule has 0 aliphatic heterocycles. The minimum absolute atomic E-state index is 0.0190. The van der Waals surface area contributed by atoms with E-state index in [1.54, 1.807) is 13.4 Å². The highest BCUT2D eigenvalue weighted by Crippen LogP contribution is 2.06. The van der Waals surface area contributed by atoms with Crippen molar-refractivity contribution in [3.8, 4) is 0 Å². The lowest BCUT2D eigenvalue weighted by Gasteiger charge is -2.20. The summed E-state index contributed by atoms with van der Waals surface area (Å²) in [5.74, 6) is 0.931. The second-order valence-corrected chi connectivity index (χ2v) is 3.54. The zero-order valence-corrected chi connectivity index (χ0v) is 9.68. The van der Waals surface area contributed by atoms with E-state index in [4.69, 9.17) is 10.5 Å². The summed E-state index contributed by atoms with van der Waals surface area (Å²) < 4.78 is 7.16. The number of rotatable bonds is 6. The van der Waals surface area contributed by atoms with Gasteiger partial charge in [0, 0.05) is 26.1 Å². The molecule has 2 unspecified atom stereocenters. The Morgan fingerprint density at radius 3 is 2.80 bits per heavy atom. The molecule has 1 aromatic rings. The van der Waals surface area contributed by atoms with E-state index in [1.807, 2.05) is 11.6 Å². The maximum atomic E-state index is 6.05. The molecule has 0 fully saturated rings. The smallest absolute Gasteiger partial charge is 0.138 e. The van der Waals surface area contributed by atoms with Crippen molar-refractivity contribution in [1.82, 2.24) is 14.8 Å². The predicted molar refractivity (Wildman–Crippen MR) is 58.5 cm³/mol. The van der Waals surface area contributed by atoms with Crippen LogP contribution in [0.3, 0.4) is 0 Å². The van der Waals surface area contributed by atoms with E-state index >= 15 is 0 Å². The van der Waals surface area contributed by atoms with Crippen LogP contribution < -0.4 is 5.73 Å². The van der Waals surface area contributed by atoms with E-state index in [0.717, 1.165) is 18.8 Å². The van der Waals surface area contributed by atoms with Crippen LogP contribution in [0, 0.1) is 0 Å². The maximum Gasteiger partial charge on any atom is 0.138 e. The molecular formula is C10H20N4O. The van der Waals surface area contributed by atoms with Crippen LogP contribution in [0.4, 0.5) is 0 Å². The predicted octanol–water partition coefficient (Wildman–Crippen LogP) is 0.593. The quantitative estimate of drug-likeness (QED) is 0.749. The maximum absolute atomic E-state index is 6.05. The van der Waals surface area contributed by atoms with E-state index in [9.17, 15) is 0 Å². The second-order valence-electron chi connectivity index (χ2n) is 3.54. The molecule has 1 aromatic heterocycles. The zero-order valence-electron chi connectivity index (χ0n) is 9.68. The van der Waals surface area contributed by atoms with Gasteiger partial charge >= 0.3 is 0 Å². The van der Waals surface area contributed by atoms with Gasteiger partial charge in [-0.05, 0) is 13.3 Å². The number of aryl methyl sites for hydroxylation is 1. The Kier molecular flexibility index (Phi) is 4.71. The van der Waals surface area contributed by atoms with Gasteiger partial charge in [-0.15, -0.1) is 0 Å². The van der Waals surface area contributed by atoms with Gasteiger partial charge in [0.25, 0.3) is 0 Å². The van der Waals surface area contributed by atoms with Crippen molar-refractivity contribution in [2.75, 3.05) is 7.11 Å². The van der Waals surface area contributed by atoms with Crippen LogP contribution in [0.15, 0.2) is 6.33 Å². The average Bonchev–Trinajstić information content (AvgIpc) is 2.67. The number of methoxy groups -OCH3 is 1. The minimum Gasteiger partial charge on any atom is -0.380 e. The Hall–Kier alpha value is -0.940. The molecule has 2 N–H and O–H groups in total.